The molecule has 16 heavy (non-hydrogen) atoms. The summed E-state index contributed by atoms with van der Waals surface area (Å²) in [5.74, 6) is -0.453. The van der Waals surface area contributed by atoms with Gasteiger partial charge in [-0.2, -0.15) is 0 Å². The second kappa shape index (κ2) is 6.23. The molecule has 0 unspecified atom stereocenters. The lowest BCUT2D eigenvalue weighted by Crippen LogP contribution is -2.36. The Balaban J connectivity index is 2.45. The second-order valence-electron chi connectivity index (χ2n) is 3.73. The molecule has 3 nitrogen and oxygen atoms in total. The fourth-order valence-corrected chi connectivity index (χ4v) is 1.45. The van der Waals surface area contributed by atoms with Crippen LogP contribution in [0.2, 0.25) is 0 Å². The molecule has 0 aliphatic carbocycles. The van der Waals surface area contributed by atoms with Gasteiger partial charge in [0, 0.05) is 13.2 Å². The quantitative estimate of drug-likeness (QED) is 0.825. The fraction of sp³-hybridized carbons (Fsp3) is 0.417. The summed E-state index contributed by atoms with van der Waals surface area (Å²) >= 11 is 0. The predicted octanol–water partition coefficient (Wildman–Crippen LogP) is 1.52. The molecule has 0 aliphatic heterocycles. The van der Waals surface area contributed by atoms with Crippen molar-refractivity contribution < 1.29 is 13.9 Å². The van der Waals surface area contributed by atoms with Gasteiger partial charge in [0.1, 0.15) is 5.82 Å². The van der Waals surface area contributed by atoms with Crippen molar-refractivity contribution in [3.05, 3.63) is 35.6 Å². The number of benzene rings is 1. The highest BCUT2D eigenvalue weighted by molar-refractivity contribution is 5.78. The van der Waals surface area contributed by atoms with Crippen LogP contribution in [0.25, 0.3) is 0 Å². The lowest BCUT2D eigenvalue weighted by molar-refractivity contribution is -0.121. The van der Waals surface area contributed by atoms with Crippen molar-refractivity contribution in [1.29, 1.82) is 0 Å². The van der Waals surface area contributed by atoms with E-state index in [1.807, 2.05) is 6.92 Å². The average molecular weight is 225 g/mol. The van der Waals surface area contributed by atoms with Crippen molar-refractivity contribution in [1.82, 2.24) is 5.32 Å². The summed E-state index contributed by atoms with van der Waals surface area (Å²) in [6, 6.07) is 6.00. The van der Waals surface area contributed by atoms with Gasteiger partial charge < -0.3 is 10.1 Å². The van der Waals surface area contributed by atoms with E-state index < -0.39 is 0 Å². The molecule has 0 fully saturated rings. The van der Waals surface area contributed by atoms with Crippen molar-refractivity contribution in [3.8, 4) is 0 Å². The van der Waals surface area contributed by atoms with Gasteiger partial charge in [-0.05, 0) is 24.6 Å². The van der Waals surface area contributed by atoms with E-state index in [0.29, 0.717) is 12.2 Å². The molecule has 1 rings (SSSR count). The van der Waals surface area contributed by atoms with Crippen LogP contribution in [0.1, 0.15) is 12.5 Å². The Morgan fingerprint density at radius 2 is 2.31 bits per heavy atom. The number of hydrogen-bond donors (Lipinski definition) is 1. The Labute approximate surface area is 94.6 Å². The zero-order valence-corrected chi connectivity index (χ0v) is 9.50. The number of nitrogens with one attached hydrogen (secondary N) is 1. The molecular formula is C12H16FNO2. The van der Waals surface area contributed by atoms with Crippen LogP contribution in [0.5, 0.6) is 0 Å². The Morgan fingerprint density at radius 3 is 2.94 bits per heavy atom. The van der Waals surface area contributed by atoms with Gasteiger partial charge in [0.2, 0.25) is 5.91 Å². The van der Waals surface area contributed by atoms with Crippen LogP contribution in [0, 0.1) is 5.82 Å². The zero-order chi connectivity index (χ0) is 12.0. The lowest BCUT2D eigenvalue weighted by atomic mass is 10.1. The largest absolute Gasteiger partial charge is 0.383 e. The first kappa shape index (κ1) is 12.6. The number of amides is 1. The molecule has 1 N–H and O–H groups in total. The highest BCUT2D eigenvalue weighted by Gasteiger charge is 2.07. The molecule has 0 bridgehead atoms. The Kier molecular flexibility index (Phi) is 4.92. The molecule has 4 heteroatoms. The van der Waals surface area contributed by atoms with E-state index in [1.54, 1.807) is 19.2 Å². The third-order valence-electron chi connectivity index (χ3n) is 2.08. The summed E-state index contributed by atoms with van der Waals surface area (Å²) in [6.07, 6.45) is 0.186. The molecule has 0 spiro atoms. The number of halogens is 1. The summed E-state index contributed by atoms with van der Waals surface area (Å²) in [5.41, 5.74) is 0.669. The van der Waals surface area contributed by atoms with Gasteiger partial charge >= 0.3 is 0 Å². The first-order valence-corrected chi connectivity index (χ1v) is 5.14. The van der Waals surface area contributed by atoms with Gasteiger partial charge in [-0.25, -0.2) is 4.39 Å². The van der Waals surface area contributed by atoms with E-state index in [9.17, 15) is 9.18 Å². The van der Waals surface area contributed by atoms with Crippen LogP contribution in [-0.4, -0.2) is 25.7 Å². The van der Waals surface area contributed by atoms with Crippen LogP contribution >= 0.6 is 0 Å². The average Bonchev–Trinajstić information content (AvgIpc) is 2.17. The molecule has 1 amide bonds. The molecule has 1 aromatic rings. The molecule has 0 saturated carbocycles. The van der Waals surface area contributed by atoms with Gasteiger partial charge in [0.05, 0.1) is 13.0 Å². The lowest BCUT2D eigenvalue weighted by Gasteiger charge is -2.12. The number of carbonyl (C=O) groups is 1. The Hall–Kier alpha value is -1.42. The summed E-state index contributed by atoms with van der Waals surface area (Å²) in [5, 5.41) is 2.76. The van der Waals surface area contributed by atoms with Crippen LogP contribution < -0.4 is 5.32 Å². The topological polar surface area (TPSA) is 38.3 Å². The maximum absolute atomic E-state index is 12.8. The molecule has 1 atom stereocenters. The normalized spacial score (nSPS) is 12.2. The first-order chi connectivity index (χ1) is 7.61. The summed E-state index contributed by atoms with van der Waals surface area (Å²) in [6.45, 7) is 2.32. The van der Waals surface area contributed by atoms with Gasteiger partial charge in [-0.3, -0.25) is 4.79 Å². The van der Waals surface area contributed by atoms with Crippen molar-refractivity contribution in [2.24, 2.45) is 0 Å². The van der Waals surface area contributed by atoms with E-state index in [0.717, 1.165) is 0 Å². The van der Waals surface area contributed by atoms with Gasteiger partial charge in [-0.15, -0.1) is 0 Å². The molecule has 0 heterocycles. The van der Waals surface area contributed by atoms with Gasteiger partial charge in [0.15, 0.2) is 0 Å². The monoisotopic (exact) mass is 225 g/mol. The van der Waals surface area contributed by atoms with Gasteiger partial charge in [0.25, 0.3) is 0 Å². The Morgan fingerprint density at radius 1 is 1.56 bits per heavy atom. The zero-order valence-electron chi connectivity index (χ0n) is 9.50. The number of methoxy groups -OCH3 is 1. The predicted molar refractivity (Wildman–Crippen MR) is 59.6 cm³/mol. The van der Waals surface area contributed by atoms with Crippen LogP contribution in [0.4, 0.5) is 4.39 Å². The van der Waals surface area contributed by atoms with Crippen LogP contribution in [0.3, 0.4) is 0 Å². The number of carbonyl (C=O) groups excluding carboxylic acids is 1. The summed E-state index contributed by atoms with van der Waals surface area (Å²) in [7, 11) is 1.58. The molecule has 0 saturated heterocycles. The highest BCUT2D eigenvalue weighted by Crippen LogP contribution is 2.04. The van der Waals surface area contributed by atoms with Crippen molar-refractivity contribution >= 4 is 5.91 Å². The Bertz CT molecular complexity index is 355. The first-order valence-electron chi connectivity index (χ1n) is 5.14. The van der Waals surface area contributed by atoms with Crippen molar-refractivity contribution in [2.75, 3.05) is 13.7 Å². The second-order valence-corrected chi connectivity index (χ2v) is 3.73. The van der Waals surface area contributed by atoms with E-state index in [-0.39, 0.29) is 24.2 Å². The molecule has 0 aromatic heterocycles. The SMILES string of the molecule is COC[C@H](C)NC(=O)Cc1cccc(F)c1. The minimum Gasteiger partial charge on any atom is -0.383 e. The third-order valence-corrected chi connectivity index (χ3v) is 2.08. The van der Waals surface area contributed by atoms with E-state index >= 15 is 0 Å². The molecule has 88 valence electrons. The van der Waals surface area contributed by atoms with E-state index in [1.165, 1.54) is 12.1 Å². The maximum Gasteiger partial charge on any atom is 0.224 e. The molecule has 0 aliphatic rings. The van der Waals surface area contributed by atoms with Crippen molar-refractivity contribution in [2.45, 2.75) is 19.4 Å². The minimum atomic E-state index is -0.324. The minimum absolute atomic E-state index is 0.0361. The van der Waals surface area contributed by atoms with Crippen LogP contribution in [0.15, 0.2) is 24.3 Å². The number of hydrogen-bond acceptors (Lipinski definition) is 2. The molecule has 0 radical (unpaired) electrons. The third kappa shape index (κ3) is 4.40. The maximum atomic E-state index is 12.8. The smallest absolute Gasteiger partial charge is 0.224 e. The standard InChI is InChI=1S/C12H16FNO2/c1-9(8-16-2)14-12(15)7-10-4-3-5-11(13)6-10/h3-6,9H,7-8H2,1-2H3,(H,14,15)/t9-/m0/s1. The van der Waals surface area contributed by atoms with Crippen LogP contribution in [-0.2, 0) is 16.0 Å². The van der Waals surface area contributed by atoms with Crippen molar-refractivity contribution in [3.63, 3.8) is 0 Å². The van der Waals surface area contributed by atoms with E-state index in [4.69, 9.17) is 4.74 Å². The number of rotatable bonds is 5. The van der Waals surface area contributed by atoms with E-state index in [2.05, 4.69) is 5.32 Å². The number of ether oxygens (including phenoxy) is 1. The van der Waals surface area contributed by atoms with Gasteiger partial charge in [-0.1, -0.05) is 12.1 Å². The summed E-state index contributed by atoms with van der Waals surface area (Å²) in [4.78, 5) is 11.5. The fourth-order valence-electron chi connectivity index (χ4n) is 1.45. The summed E-state index contributed by atoms with van der Waals surface area (Å²) < 4.78 is 17.7. The highest BCUT2D eigenvalue weighted by atomic mass is 19.1. The molecule has 1 aromatic carbocycles. The molecular weight excluding hydrogens is 209 g/mol.